The molecule has 2 aromatic rings. The average Bonchev–Trinajstić information content (AvgIpc) is 3.03. The van der Waals surface area contributed by atoms with Crippen molar-refractivity contribution in [2.45, 2.75) is 13.0 Å². The second-order valence-electron chi connectivity index (χ2n) is 6.54. The first-order valence-electron chi connectivity index (χ1n) is 9.10. The van der Waals surface area contributed by atoms with Crippen LogP contribution in [0.3, 0.4) is 0 Å². The highest BCUT2D eigenvalue weighted by molar-refractivity contribution is 7.92. The zero-order valence-electron chi connectivity index (χ0n) is 15.8. The molecule has 0 aliphatic carbocycles. The van der Waals surface area contributed by atoms with Crippen LogP contribution in [0.2, 0.25) is 0 Å². The van der Waals surface area contributed by atoms with E-state index >= 15 is 0 Å². The Kier molecular flexibility index (Phi) is 6.66. The monoisotopic (exact) mass is 404 g/mol. The van der Waals surface area contributed by atoms with Gasteiger partial charge in [0.25, 0.3) is 0 Å². The van der Waals surface area contributed by atoms with E-state index in [0.29, 0.717) is 31.9 Å². The fourth-order valence-electron chi connectivity index (χ4n) is 3.07. The summed E-state index contributed by atoms with van der Waals surface area (Å²) < 4.78 is 36.9. The number of sulfonamides is 1. The van der Waals surface area contributed by atoms with Crippen LogP contribution in [0, 0.1) is 0 Å². The maximum absolute atomic E-state index is 12.6. The average molecular weight is 404 g/mol. The van der Waals surface area contributed by atoms with E-state index < -0.39 is 16.0 Å². The molecule has 7 nitrogen and oxygen atoms in total. The van der Waals surface area contributed by atoms with Gasteiger partial charge in [-0.3, -0.25) is 4.90 Å². The highest BCUT2D eigenvalue weighted by atomic mass is 32.2. The number of carbonyl (C=O) groups is 1. The van der Waals surface area contributed by atoms with Crippen molar-refractivity contribution in [3.05, 3.63) is 65.0 Å². The fourth-order valence-corrected chi connectivity index (χ4v) is 4.29. The molecule has 0 atom stereocenters. The molecule has 1 saturated heterocycles. The molecule has 1 aromatic heterocycles. The van der Waals surface area contributed by atoms with E-state index in [-0.39, 0.29) is 5.76 Å². The molecule has 0 amide bonds. The van der Waals surface area contributed by atoms with Crippen LogP contribution in [-0.2, 0) is 21.3 Å². The van der Waals surface area contributed by atoms with Crippen molar-refractivity contribution in [3.8, 4) is 0 Å². The lowest BCUT2D eigenvalue weighted by Crippen LogP contribution is -2.33. The molecule has 28 heavy (non-hydrogen) atoms. The third-order valence-electron chi connectivity index (χ3n) is 4.57. The summed E-state index contributed by atoms with van der Waals surface area (Å²) in [6, 6.07) is 12.7. The van der Waals surface area contributed by atoms with E-state index in [4.69, 9.17) is 4.42 Å². The third kappa shape index (κ3) is 5.31. The van der Waals surface area contributed by atoms with Gasteiger partial charge in [0.2, 0.25) is 15.8 Å². The number of hydrogen-bond donors (Lipinski definition) is 0. The van der Waals surface area contributed by atoms with Gasteiger partial charge in [-0.1, -0.05) is 30.3 Å². The highest BCUT2D eigenvalue weighted by Crippen LogP contribution is 2.16. The van der Waals surface area contributed by atoms with E-state index in [2.05, 4.69) is 9.64 Å². The van der Waals surface area contributed by atoms with Crippen molar-refractivity contribution >= 4 is 22.1 Å². The van der Waals surface area contributed by atoms with Gasteiger partial charge >= 0.3 is 5.97 Å². The van der Waals surface area contributed by atoms with E-state index in [9.17, 15) is 13.2 Å². The number of hydrogen-bond acceptors (Lipinski definition) is 6. The van der Waals surface area contributed by atoms with Crippen LogP contribution >= 0.6 is 0 Å². The quantitative estimate of drug-likeness (QED) is 0.689. The Labute approximate surface area is 165 Å². The Balaban J connectivity index is 1.59. The van der Waals surface area contributed by atoms with Gasteiger partial charge in [-0.2, -0.15) is 4.31 Å². The van der Waals surface area contributed by atoms with E-state index in [1.807, 2.05) is 30.3 Å². The fraction of sp³-hybridized carbons (Fsp3) is 0.350. The molecule has 150 valence electrons. The van der Waals surface area contributed by atoms with Crippen LogP contribution < -0.4 is 0 Å². The van der Waals surface area contributed by atoms with Crippen molar-refractivity contribution in [2.75, 3.05) is 33.3 Å². The molecular formula is C20H24N2O5S. The Hall–Kier alpha value is -2.42. The van der Waals surface area contributed by atoms with Crippen molar-refractivity contribution in [2.24, 2.45) is 0 Å². The summed E-state index contributed by atoms with van der Waals surface area (Å²) in [5, 5.41) is 1.27. The smallest absolute Gasteiger partial charge is 0.373 e. The summed E-state index contributed by atoms with van der Waals surface area (Å²) in [6.07, 6.45) is 2.35. The van der Waals surface area contributed by atoms with Crippen LogP contribution in [-0.4, -0.2) is 56.9 Å². The summed E-state index contributed by atoms with van der Waals surface area (Å²) in [6.45, 7) is 2.75. The second-order valence-corrected chi connectivity index (χ2v) is 8.36. The lowest BCUT2D eigenvalue weighted by Gasteiger charge is -2.19. The minimum Gasteiger partial charge on any atom is -0.463 e. The molecule has 8 heteroatoms. The Morgan fingerprint density at radius 3 is 2.64 bits per heavy atom. The summed E-state index contributed by atoms with van der Waals surface area (Å²) in [5.74, 6) is 0.313. The van der Waals surface area contributed by atoms with E-state index in [1.165, 1.54) is 16.8 Å². The lowest BCUT2D eigenvalue weighted by molar-refractivity contribution is 0.0561. The minimum atomic E-state index is -3.47. The maximum Gasteiger partial charge on any atom is 0.373 e. The van der Waals surface area contributed by atoms with Crippen LogP contribution in [0.1, 0.15) is 28.3 Å². The van der Waals surface area contributed by atoms with Gasteiger partial charge in [-0.15, -0.1) is 0 Å². The Morgan fingerprint density at radius 1 is 1.11 bits per heavy atom. The topological polar surface area (TPSA) is 80.1 Å². The minimum absolute atomic E-state index is 0.169. The van der Waals surface area contributed by atoms with Gasteiger partial charge < -0.3 is 9.15 Å². The van der Waals surface area contributed by atoms with Gasteiger partial charge in [0.15, 0.2) is 0 Å². The second kappa shape index (κ2) is 9.18. The number of ether oxygens (including phenoxy) is 1. The third-order valence-corrected chi connectivity index (χ3v) is 6.13. The van der Waals surface area contributed by atoms with Gasteiger partial charge in [0.1, 0.15) is 5.76 Å². The first-order valence-corrected chi connectivity index (χ1v) is 10.6. The van der Waals surface area contributed by atoms with Crippen LogP contribution in [0.25, 0.3) is 6.08 Å². The number of nitrogens with zero attached hydrogens (tertiary/aromatic N) is 2. The predicted octanol–water partition coefficient (Wildman–Crippen LogP) is 2.57. The van der Waals surface area contributed by atoms with E-state index in [0.717, 1.165) is 18.5 Å². The number of rotatable bonds is 6. The van der Waals surface area contributed by atoms with Gasteiger partial charge in [-0.25, -0.2) is 13.2 Å². The van der Waals surface area contributed by atoms with Gasteiger partial charge in [0.05, 0.1) is 13.7 Å². The van der Waals surface area contributed by atoms with Crippen molar-refractivity contribution in [1.29, 1.82) is 0 Å². The first kappa shape index (κ1) is 20.3. The molecule has 0 N–H and O–H groups in total. The molecule has 3 rings (SSSR count). The standard InChI is InChI=1S/C20H24N2O5S/c1-26-20(23)19-9-8-18(27-19)16-21-11-5-12-22(14-13-21)28(24,25)15-10-17-6-3-2-4-7-17/h2-4,6-10,15H,5,11-14,16H2,1H3/b15-10+. The summed E-state index contributed by atoms with van der Waals surface area (Å²) in [7, 11) is -2.16. The molecule has 2 heterocycles. The van der Waals surface area contributed by atoms with Crippen LogP contribution in [0.15, 0.2) is 52.3 Å². The Bertz CT molecular complexity index is 921. The van der Waals surface area contributed by atoms with Gasteiger partial charge in [0, 0.05) is 25.0 Å². The largest absolute Gasteiger partial charge is 0.463 e. The zero-order valence-corrected chi connectivity index (χ0v) is 16.6. The molecule has 0 unspecified atom stereocenters. The number of benzene rings is 1. The first-order chi connectivity index (χ1) is 13.5. The molecule has 0 radical (unpaired) electrons. The van der Waals surface area contributed by atoms with Crippen LogP contribution in [0.4, 0.5) is 0 Å². The molecular weight excluding hydrogens is 380 g/mol. The summed E-state index contributed by atoms with van der Waals surface area (Å²) in [5.41, 5.74) is 0.849. The highest BCUT2D eigenvalue weighted by Gasteiger charge is 2.24. The molecule has 1 aliphatic rings. The molecule has 0 spiro atoms. The number of furan rings is 1. The summed E-state index contributed by atoms with van der Waals surface area (Å²) in [4.78, 5) is 13.6. The van der Waals surface area contributed by atoms with Crippen LogP contribution in [0.5, 0.6) is 0 Å². The van der Waals surface area contributed by atoms with E-state index in [1.54, 1.807) is 18.2 Å². The zero-order chi connectivity index (χ0) is 20.0. The Morgan fingerprint density at radius 2 is 1.89 bits per heavy atom. The number of carbonyl (C=O) groups excluding carboxylic acids is 1. The number of esters is 1. The molecule has 1 aromatic carbocycles. The molecule has 1 aliphatic heterocycles. The predicted molar refractivity (Wildman–Crippen MR) is 106 cm³/mol. The van der Waals surface area contributed by atoms with Crippen molar-refractivity contribution < 1.29 is 22.4 Å². The number of methoxy groups -OCH3 is 1. The molecule has 1 fully saturated rings. The molecule has 0 bridgehead atoms. The maximum atomic E-state index is 12.6. The SMILES string of the molecule is COC(=O)c1ccc(CN2CCCN(S(=O)(=O)/C=C/c3ccccc3)CC2)o1. The van der Waals surface area contributed by atoms with Crippen molar-refractivity contribution in [1.82, 2.24) is 9.21 Å². The molecule has 0 saturated carbocycles. The normalized spacial score (nSPS) is 16.9. The summed E-state index contributed by atoms with van der Waals surface area (Å²) >= 11 is 0. The van der Waals surface area contributed by atoms with Crippen molar-refractivity contribution in [3.63, 3.8) is 0 Å². The van der Waals surface area contributed by atoms with Gasteiger partial charge in [-0.05, 0) is 36.7 Å². The lowest BCUT2D eigenvalue weighted by atomic mass is 10.2.